The second kappa shape index (κ2) is 7.14. The van der Waals surface area contributed by atoms with Gasteiger partial charge in [0.05, 0.1) is 10.4 Å². The number of carbonyl (C=O) groups is 1. The van der Waals surface area contributed by atoms with Crippen molar-refractivity contribution in [3.8, 4) is 0 Å². The van der Waals surface area contributed by atoms with Crippen LogP contribution in [-0.2, 0) is 9.84 Å². The Morgan fingerprint density at radius 1 is 1.19 bits per heavy atom. The lowest BCUT2D eigenvalue weighted by atomic mass is 10.2. The lowest BCUT2D eigenvalue weighted by Crippen LogP contribution is -2.16. The van der Waals surface area contributed by atoms with Crippen molar-refractivity contribution in [2.75, 3.05) is 5.32 Å². The fourth-order valence-corrected chi connectivity index (χ4v) is 4.97. The van der Waals surface area contributed by atoms with Crippen molar-refractivity contribution in [1.29, 1.82) is 0 Å². The molecule has 1 heterocycles. The zero-order valence-corrected chi connectivity index (χ0v) is 15.8. The molecule has 0 aliphatic rings. The molecule has 0 atom stereocenters. The molecule has 2 aromatic carbocycles. The molecule has 26 heavy (non-hydrogen) atoms. The number of benzene rings is 2. The van der Waals surface area contributed by atoms with Gasteiger partial charge in [0.15, 0.2) is 9.90 Å². The summed E-state index contributed by atoms with van der Waals surface area (Å²) in [6, 6.07) is 9.64. The lowest BCUT2D eigenvalue weighted by Gasteiger charge is -2.07. The van der Waals surface area contributed by atoms with Gasteiger partial charge in [-0.3, -0.25) is 4.79 Å². The first kappa shape index (κ1) is 18.5. The Balaban J connectivity index is 1.95. The van der Waals surface area contributed by atoms with Crippen molar-refractivity contribution in [3.63, 3.8) is 0 Å². The van der Waals surface area contributed by atoms with Crippen molar-refractivity contribution in [1.82, 2.24) is 4.98 Å². The van der Waals surface area contributed by atoms with E-state index in [0.717, 1.165) is 17.4 Å². The molecule has 134 valence electrons. The van der Waals surface area contributed by atoms with Crippen LogP contribution in [0.2, 0.25) is 5.02 Å². The minimum atomic E-state index is -3.93. The number of amides is 1. The molecular weight excluding hydrogens is 399 g/mol. The summed E-state index contributed by atoms with van der Waals surface area (Å²) in [5.74, 6) is -1.24. The van der Waals surface area contributed by atoms with E-state index in [4.69, 9.17) is 11.6 Å². The number of rotatable bonds is 4. The number of halogens is 2. The highest BCUT2D eigenvalue weighted by molar-refractivity contribution is 7.93. The van der Waals surface area contributed by atoms with Gasteiger partial charge >= 0.3 is 0 Å². The highest BCUT2D eigenvalue weighted by Gasteiger charge is 2.27. The van der Waals surface area contributed by atoms with E-state index in [1.165, 1.54) is 35.8 Å². The second-order valence-electron chi connectivity index (χ2n) is 5.42. The van der Waals surface area contributed by atoms with E-state index >= 15 is 0 Å². The Kier molecular flexibility index (Phi) is 5.08. The minimum Gasteiger partial charge on any atom is -0.320 e. The zero-order chi connectivity index (χ0) is 18.9. The lowest BCUT2D eigenvalue weighted by molar-refractivity contribution is 0.102. The average molecular weight is 411 g/mol. The molecule has 3 aromatic rings. The van der Waals surface area contributed by atoms with Gasteiger partial charge < -0.3 is 5.32 Å². The van der Waals surface area contributed by atoms with E-state index in [-0.39, 0.29) is 20.5 Å². The van der Waals surface area contributed by atoms with E-state index in [9.17, 15) is 17.6 Å². The van der Waals surface area contributed by atoms with Gasteiger partial charge in [-0.15, -0.1) is 11.3 Å². The maximum absolute atomic E-state index is 13.5. The summed E-state index contributed by atoms with van der Waals surface area (Å²) in [6.45, 7) is 1.68. The average Bonchev–Trinajstić information content (AvgIpc) is 3.05. The third kappa shape index (κ3) is 3.77. The number of aromatic nitrogens is 1. The first-order chi connectivity index (χ1) is 12.3. The number of hydrogen-bond donors (Lipinski definition) is 1. The highest BCUT2D eigenvalue weighted by Crippen LogP contribution is 2.29. The predicted molar refractivity (Wildman–Crippen MR) is 98.1 cm³/mol. The van der Waals surface area contributed by atoms with Crippen LogP contribution in [0.15, 0.2) is 57.1 Å². The molecule has 0 saturated heterocycles. The van der Waals surface area contributed by atoms with Crippen molar-refractivity contribution in [2.45, 2.75) is 16.0 Å². The van der Waals surface area contributed by atoms with Gasteiger partial charge in [-0.05, 0) is 55.0 Å². The molecule has 0 aliphatic heterocycles. The fourth-order valence-electron chi connectivity index (χ4n) is 2.30. The number of hydrogen-bond acceptors (Lipinski definition) is 5. The largest absolute Gasteiger partial charge is 0.320 e. The fraction of sp³-hybridized carbons (Fsp3) is 0.0588. The highest BCUT2D eigenvalue weighted by atomic mass is 35.5. The van der Waals surface area contributed by atoms with E-state index in [0.29, 0.717) is 10.6 Å². The summed E-state index contributed by atoms with van der Waals surface area (Å²) in [5, 5.41) is 2.87. The normalized spacial score (nSPS) is 11.3. The first-order valence-corrected chi connectivity index (χ1v) is 10.0. The van der Waals surface area contributed by atoms with Crippen LogP contribution in [0.1, 0.15) is 16.1 Å². The van der Waals surface area contributed by atoms with Crippen LogP contribution in [0, 0.1) is 12.7 Å². The van der Waals surface area contributed by atoms with Gasteiger partial charge in [-0.25, -0.2) is 17.8 Å². The van der Waals surface area contributed by atoms with Crippen LogP contribution in [0.4, 0.5) is 10.1 Å². The van der Waals surface area contributed by atoms with Crippen LogP contribution in [0.5, 0.6) is 0 Å². The van der Waals surface area contributed by atoms with Gasteiger partial charge in [-0.1, -0.05) is 11.6 Å². The smallest absolute Gasteiger partial charge is 0.276 e. The van der Waals surface area contributed by atoms with Crippen LogP contribution in [0.25, 0.3) is 0 Å². The Morgan fingerprint density at radius 2 is 1.88 bits per heavy atom. The molecule has 3 rings (SSSR count). The van der Waals surface area contributed by atoms with Crippen molar-refractivity contribution in [3.05, 3.63) is 70.1 Å². The van der Waals surface area contributed by atoms with Crippen molar-refractivity contribution < 1.29 is 17.6 Å². The topological polar surface area (TPSA) is 76.1 Å². The summed E-state index contributed by atoms with van der Waals surface area (Å²) >= 11 is 6.62. The Hall–Kier alpha value is -2.29. The van der Waals surface area contributed by atoms with Crippen LogP contribution in [0.3, 0.4) is 0 Å². The van der Waals surface area contributed by atoms with Gasteiger partial charge in [-0.2, -0.15) is 0 Å². The molecule has 0 unspecified atom stereocenters. The molecule has 1 amide bonds. The molecule has 0 radical (unpaired) electrons. The van der Waals surface area contributed by atoms with E-state index in [2.05, 4.69) is 10.3 Å². The molecule has 1 N–H and O–H groups in total. The Morgan fingerprint density at radius 3 is 2.54 bits per heavy atom. The number of nitrogens with one attached hydrogen (secondary N) is 1. The molecular formula is C17H12ClFN2O3S2. The zero-order valence-electron chi connectivity index (χ0n) is 13.4. The van der Waals surface area contributed by atoms with Gasteiger partial charge in [0.25, 0.3) is 5.91 Å². The molecule has 0 aliphatic carbocycles. The van der Waals surface area contributed by atoms with Crippen molar-refractivity contribution in [2.24, 2.45) is 0 Å². The molecule has 1 aromatic heterocycles. The van der Waals surface area contributed by atoms with E-state index in [1.54, 1.807) is 13.0 Å². The molecule has 0 saturated carbocycles. The summed E-state index contributed by atoms with van der Waals surface area (Å²) in [4.78, 5) is 16.4. The maximum atomic E-state index is 13.5. The number of nitrogens with zero attached hydrogens (tertiary/aromatic N) is 1. The molecule has 5 nitrogen and oxygen atoms in total. The van der Waals surface area contributed by atoms with Crippen LogP contribution < -0.4 is 5.32 Å². The molecule has 9 heteroatoms. The Labute approximate surface area is 158 Å². The van der Waals surface area contributed by atoms with Gasteiger partial charge in [0.1, 0.15) is 5.82 Å². The third-order valence-electron chi connectivity index (χ3n) is 3.42. The van der Waals surface area contributed by atoms with Crippen LogP contribution >= 0.6 is 22.9 Å². The first-order valence-electron chi connectivity index (χ1n) is 7.30. The predicted octanol–water partition coefficient (Wildman–Crippen LogP) is 4.33. The van der Waals surface area contributed by atoms with Crippen LogP contribution in [-0.4, -0.2) is 19.3 Å². The number of carbonyl (C=O) groups excluding carboxylic acids is 1. The minimum absolute atomic E-state index is 0.00167. The third-order valence-corrected chi connectivity index (χ3v) is 6.81. The summed E-state index contributed by atoms with van der Waals surface area (Å²) in [5.41, 5.74) is 1.86. The molecule has 0 fully saturated rings. The summed E-state index contributed by atoms with van der Waals surface area (Å²) < 4.78 is 38.8. The number of sulfone groups is 1. The van der Waals surface area contributed by atoms with Gasteiger partial charge in [0, 0.05) is 10.7 Å². The monoisotopic (exact) mass is 410 g/mol. The molecule has 0 bridgehead atoms. The maximum Gasteiger partial charge on any atom is 0.276 e. The quantitative estimate of drug-likeness (QED) is 0.694. The Bertz CT molecular complexity index is 1060. The SMILES string of the molecule is Cc1cc(F)cc(NC(=O)c2ncsc2S(=O)(=O)c2ccc(Cl)cc2)c1. The van der Waals surface area contributed by atoms with Crippen molar-refractivity contribution >= 4 is 44.4 Å². The second-order valence-corrected chi connectivity index (χ2v) is 8.85. The van der Waals surface area contributed by atoms with E-state index < -0.39 is 21.6 Å². The van der Waals surface area contributed by atoms with E-state index in [1.807, 2.05) is 0 Å². The number of thiazole rings is 1. The number of aryl methyl sites for hydroxylation is 1. The summed E-state index contributed by atoms with van der Waals surface area (Å²) in [7, 11) is -3.93. The standard InChI is InChI=1S/C17H12ClFN2O3S2/c1-10-6-12(19)8-13(7-10)21-16(22)15-17(25-9-20-15)26(23,24)14-4-2-11(18)3-5-14/h2-9H,1H3,(H,21,22). The molecule has 0 spiro atoms. The van der Waals surface area contributed by atoms with Gasteiger partial charge in [0.2, 0.25) is 9.84 Å². The number of anilines is 1. The summed E-state index contributed by atoms with van der Waals surface area (Å²) in [6.07, 6.45) is 0.